The van der Waals surface area contributed by atoms with Crippen LogP contribution in [0.25, 0.3) is 11.1 Å². The van der Waals surface area contributed by atoms with Crippen molar-refractivity contribution in [1.29, 1.82) is 0 Å². The van der Waals surface area contributed by atoms with E-state index in [1.54, 1.807) is 13.8 Å². The predicted octanol–water partition coefficient (Wildman–Crippen LogP) is 5.67. The molecule has 0 bridgehead atoms. The summed E-state index contributed by atoms with van der Waals surface area (Å²) in [6, 6.07) is 15.8. The average molecular weight is 409 g/mol. The molecule has 1 atom stereocenters. The van der Waals surface area contributed by atoms with Crippen molar-refractivity contribution in [1.82, 2.24) is 0 Å². The normalized spacial score (nSPS) is 14.5. The number of carbonyl (C=O) groups is 2. The predicted molar refractivity (Wildman–Crippen MR) is 118 cm³/mol. The molecule has 0 amide bonds. The lowest BCUT2D eigenvalue weighted by atomic mass is 9.66. The number of hydrogen-bond donors (Lipinski definition) is 0. The smallest absolute Gasteiger partial charge is 0.322 e. The van der Waals surface area contributed by atoms with Crippen molar-refractivity contribution in [2.45, 2.75) is 58.3 Å². The van der Waals surface area contributed by atoms with Crippen molar-refractivity contribution in [2.75, 3.05) is 13.2 Å². The van der Waals surface area contributed by atoms with Gasteiger partial charge in [0.2, 0.25) is 0 Å². The molecule has 0 fully saturated rings. The van der Waals surface area contributed by atoms with Gasteiger partial charge in [0.1, 0.15) is 5.41 Å². The van der Waals surface area contributed by atoms with Crippen molar-refractivity contribution < 1.29 is 19.1 Å². The highest BCUT2D eigenvalue weighted by atomic mass is 16.5. The van der Waals surface area contributed by atoms with E-state index in [9.17, 15) is 9.59 Å². The van der Waals surface area contributed by atoms with Gasteiger partial charge in [-0.25, -0.2) is 0 Å². The molecule has 0 aliphatic heterocycles. The molecular weight excluding hydrogens is 376 g/mol. The molecule has 0 saturated heterocycles. The van der Waals surface area contributed by atoms with Crippen LogP contribution in [-0.2, 0) is 24.5 Å². The molecular formula is C26H32O4. The van der Waals surface area contributed by atoms with Crippen LogP contribution in [0.4, 0.5) is 0 Å². The summed E-state index contributed by atoms with van der Waals surface area (Å²) < 4.78 is 11.1. The van der Waals surface area contributed by atoms with Gasteiger partial charge in [0, 0.05) is 0 Å². The summed E-state index contributed by atoms with van der Waals surface area (Å²) >= 11 is 0. The van der Waals surface area contributed by atoms with Crippen LogP contribution in [0.15, 0.2) is 48.5 Å². The standard InChI is InChI=1S/C26H32O4/c1-4-7-8-9-18-23(24(27)29-5-2)26(25(28)30-6-3)21-16-12-10-14-19(21)20-15-11-13-17-22(20)26/h10-17,23H,4-9,18H2,1-3H3. The Morgan fingerprint density at radius 3 is 1.90 bits per heavy atom. The van der Waals surface area contributed by atoms with Gasteiger partial charge in [0.05, 0.1) is 19.1 Å². The van der Waals surface area contributed by atoms with Crippen molar-refractivity contribution in [3.05, 3.63) is 59.7 Å². The second-order valence-corrected chi connectivity index (χ2v) is 7.77. The van der Waals surface area contributed by atoms with E-state index in [2.05, 4.69) is 6.92 Å². The Bertz CT molecular complexity index is 841. The fourth-order valence-corrected chi connectivity index (χ4v) is 4.78. The molecule has 30 heavy (non-hydrogen) atoms. The maximum atomic E-state index is 13.7. The lowest BCUT2D eigenvalue weighted by molar-refractivity contribution is -0.161. The Hall–Kier alpha value is -2.62. The molecule has 0 saturated carbocycles. The van der Waals surface area contributed by atoms with Crippen LogP contribution in [0.1, 0.15) is 64.0 Å². The summed E-state index contributed by atoms with van der Waals surface area (Å²) in [5.74, 6) is -1.32. The molecule has 1 aliphatic rings. The molecule has 2 aromatic carbocycles. The number of ether oxygens (including phenoxy) is 2. The molecule has 2 aromatic rings. The Morgan fingerprint density at radius 1 is 0.800 bits per heavy atom. The summed E-state index contributed by atoms with van der Waals surface area (Å²) in [7, 11) is 0. The van der Waals surface area contributed by atoms with Gasteiger partial charge in [-0.3, -0.25) is 9.59 Å². The van der Waals surface area contributed by atoms with Crippen LogP contribution >= 0.6 is 0 Å². The van der Waals surface area contributed by atoms with E-state index < -0.39 is 11.3 Å². The third-order valence-electron chi connectivity index (χ3n) is 6.03. The van der Waals surface area contributed by atoms with Crippen molar-refractivity contribution in [3.8, 4) is 11.1 Å². The Labute approximate surface area is 179 Å². The first-order valence-corrected chi connectivity index (χ1v) is 11.2. The molecule has 0 N–H and O–H groups in total. The Balaban J connectivity index is 2.22. The topological polar surface area (TPSA) is 52.6 Å². The van der Waals surface area contributed by atoms with Crippen molar-refractivity contribution in [2.24, 2.45) is 5.92 Å². The maximum Gasteiger partial charge on any atom is 0.322 e. The zero-order valence-corrected chi connectivity index (χ0v) is 18.3. The molecule has 0 aromatic heterocycles. The largest absolute Gasteiger partial charge is 0.466 e. The van der Waals surface area contributed by atoms with E-state index in [0.29, 0.717) is 6.42 Å². The highest BCUT2D eigenvalue weighted by Gasteiger charge is 2.58. The quantitative estimate of drug-likeness (QED) is 0.376. The molecule has 0 heterocycles. The van der Waals surface area contributed by atoms with E-state index in [1.165, 1.54) is 0 Å². The minimum atomic E-state index is -1.18. The second-order valence-electron chi connectivity index (χ2n) is 7.77. The van der Waals surface area contributed by atoms with Gasteiger partial charge in [0.15, 0.2) is 0 Å². The molecule has 1 unspecified atom stereocenters. The average Bonchev–Trinajstić information content (AvgIpc) is 3.06. The van der Waals surface area contributed by atoms with Gasteiger partial charge in [-0.15, -0.1) is 0 Å². The molecule has 0 radical (unpaired) electrons. The first-order chi connectivity index (χ1) is 14.6. The van der Waals surface area contributed by atoms with E-state index >= 15 is 0 Å². The van der Waals surface area contributed by atoms with Crippen molar-refractivity contribution in [3.63, 3.8) is 0 Å². The van der Waals surface area contributed by atoms with Gasteiger partial charge in [-0.2, -0.15) is 0 Å². The van der Waals surface area contributed by atoms with E-state index in [4.69, 9.17) is 9.47 Å². The number of unbranched alkanes of at least 4 members (excludes halogenated alkanes) is 3. The fourth-order valence-electron chi connectivity index (χ4n) is 4.78. The van der Waals surface area contributed by atoms with Gasteiger partial charge >= 0.3 is 11.9 Å². The lowest BCUT2D eigenvalue weighted by Crippen LogP contribution is -2.48. The Morgan fingerprint density at radius 2 is 1.37 bits per heavy atom. The summed E-state index contributed by atoms with van der Waals surface area (Å²) in [5, 5.41) is 0. The first kappa shape index (κ1) is 22.1. The second kappa shape index (κ2) is 9.92. The molecule has 1 aliphatic carbocycles. The third-order valence-corrected chi connectivity index (χ3v) is 6.03. The molecule has 4 nitrogen and oxygen atoms in total. The minimum Gasteiger partial charge on any atom is -0.466 e. The SMILES string of the molecule is CCCCCCC(C(=O)OCC)C1(C(=O)OCC)c2ccccc2-c2ccccc21. The van der Waals surface area contributed by atoms with Gasteiger partial charge in [0.25, 0.3) is 0 Å². The summed E-state index contributed by atoms with van der Waals surface area (Å²) in [5.41, 5.74) is 2.49. The Kier molecular flexibility index (Phi) is 7.30. The molecule has 3 rings (SSSR count). The van der Waals surface area contributed by atoms with E-state index in [-0.39, 0.29) is 25.2 Å². The number of benzene rings is 2. The first-order valence-electron chi connectivity index (χ1n) is 11.2. The molecule has 0 spiro atoms. The van der Waals surface area contributed by atoms with Crippen molar-refractivity contribution >= 4 is 11.9 Å². The molecule has 160 valence electrons. The van der Waals surface area contributed by atoms with Crippen LogP contribution < -0.4 is 0 Å². The number of carbonyl (C=O) groups excluding carboxylic acids is 2. The number of hydrogen-bond acceptors (Lipinski definition) is 4. The van der Waals surface area contributed by atoms with Crippen LogP contribution in [0.2, 0.25) is 0 Å². The maximum absolute atomic E-state index is 13.7. The van der Waals surface area contributed by atoms with E-state index in [0.717, 1.165) is 47.9 Å². The van der Waals surface area contributed by atoms with Gasteiger partial charge in [-0.05, 0) is 42.5 Å². The van der Waals surface area contributed by atoms with Gasteiger partial charge in [-0.1, -0.05) is 81.1 Å². The van der Waals surface area contributed by atoms with E-state index in [1.807, 2.05) is 48.5 Å². The summed E-state index contributed by atoms with van der Waals surface area (Å²) in [6.07, 6.45) is 4.69. The summed E-state index contributed by atoms with van der Waals surface area (Å²) in [4.78, 5) is 27.0. The monoisotopic (exact) mass is 408 g/mol. The van der Waals surface area contributed by atoms with Crippen LogP contribution in [-0.4, -0.2) is 25.2 Å². The highest BCUT2D eigenvalue weighted by Crippen LogP contribution is 2.54. The van der Waals surface area contributed by atoms with Crippen LogP contribution in [0.5, 0.6) is 0 Å². The molecule has 4 heteroatoms. The zero-order chi connectivity index (χ0) is 21.6. The highest BCUT2D eigenvalue weighted by molar-refractivity contribution is 6.02. The number of esters is 2. The number of fused-ring (bicyclic) bond motifs is 3. The lowest BCUT2D eigenvalue weighted by Gasteiger charge is -2.36. The minimum absolute atomic E-state index is 0.260. The van der Waals surface area contributed by atoms with Crippen LogP contribution in [0.3, 0.4) is 0 Å². The fraction of sp³-hybridized carbons (Fsp3) is 0.462. The summed E-state index contributed by atoms with van der Waals surface area (Å²) in [6.45, 7) is 6.31. The zero-order valence-electron chi connectivity index (χ0n) is 18.3. The number of rotatable bonds is 10. The van der Waals surface area contributed by atoms with Gasteiger partial charge < -0.3 is 9.47 Å². The van der Waals surface area contributed by atoms with Crippen LogP contribution in [0, 0.1) is 5.92 Å². The third kappa shape index (κ3) is 3.76.